The number of furan rings is 1. The Morgan fingerprint density at radius 3 is 2.78 bits per heavy atom. The number of hydrogen-bond donors (Lipinski definition) is 1. The molecule has 0 atom stereocenters. The molecule has 1 aliphatic heterocycles. The van der Waals surface area contributed by atoms with Crippen molar-refractivity contribution in [3.8, 4) is 0 Å². The van der Waals surface area contributed by atoms with Crippen LogP contribution >= 0.6 is 0 Å². The molecule has 1 aliphatic rings. The summed E-state index contributed by atoms with van der Waals surface area (Å²) >= 11 is 0. The smallest absolute Gasteiger partial charge is 0.412 e. The number of nitrogens with zero attached hydrogens (tertiary/aromatic N) is 1. The molecule has 120 valence electrons. The molecule has 1 N–H and O–H groups in total. The second-order valence-electron chi connectivity index (χ2n) is 5.26. The number of amides is 2. The van der Waals surface area contributed by atoms with Crippen LogP contribution in [0.2, 0.25) is 0 Å². The van der Waals surface area contributed by atoms with Crippen LogP contribution in [0.3, 0.4) is 0 Å². The molecule has 23 heavy (non-hydrogen) atoms. The van der Waals surface area contributed by atoms with Crippen molar-refractivity contribution in [1.29, 1.82) is 0 Å². The van der Waals surface area contributed by atoms with Gasteiger partial charge in [-0.25, -0.2) is 9.18 Å². The summed E-state index contributed by atoms with van der Waals surface area (Å²) in [6, 6.07) is 7.14. The van der Waals surface area contributed by atoms with Crippen molar-refractivity contribution in [2.24, 2.45) is 0 Å². The Morgan fingerprint density at radius 1 is 1.35 bits per heavy atom. The van der Waals surface area contributed by atoms with Gasteiger partial charge in [0.2, 0.25) is 0 Å². The first-order valence-electron chi connectivity index (χ1n) is 7.09. The lowest BCUT2D eigenvalue weighted by Crippen LogP contribution is -2.55. The molecule has 2 aromatic rings. The van der Waals surface area contributed by atoms with Crippen LogP contribution in [-0.4, -0.2) is 36.1 Å². The van der Waals surface area contributed by atoms with Gasteiger partial charge in [0, 0.05) is 5.69 Å². The normalized spacial score (nSPS) is 14.3. The first kappa shape index (κ1) is 15.1. The summed E-state index contributed by atoms with van der Waals surface area (Å²) in [6.07, 6.45) is 0.412. The van der Waals surface area contributed by atoms with Crippen LogP contribution in [0.25, 0.3) is 0 Å². The van der Waals surface area contributed by atoms with Gasteiger partial charge in [0.1, 0.15) is 17.7 Å². The fourth-order valence-electron chi connectivity index (χ4n) is 2.32. The molecule has 0 bridgehead atoms. The Kier molecular flexibility index (Phi) is 4.01. The van der Waals surface area contributed by atoms with Gasteiger partial charge < -0.3 is 14.1 Å². The second-order valence-corrected chi connectivity index (χ2v) is 5.26. The minimum atomic E-state index is -0.674. The molecule has 0 radical (unpaired) electrons. The van der Waals surface area contributed by atoms with Crippen molar-refractivity contribution >= 4 is 17.7 Å². The molecular weight excluding hydrogens is 303 g/mol. The second kappa shape index (κ2) is 6.12. The van der Waals surface area contributed by atoms with Crippen LogP contribution in [0.4, 0.5) is 14.9 Å². The molecular formula is C16H15FN2O4. The van der Waals surface area contributed by atoms with Gasteiger partial charge in [-0.1, -0.05) is 6.07 Å². The molecule has 1 fully saturated rings. The molecule has 1 aromatic carbocycles. The average Bonchev–Trinajstić information content (AvgIpc) is 2.88. The molecule has 0 saturated carbocycles. The number of aryl methyl sites for hydroxylation is 1. The number of ether oxygens (including phenoxy) is 1. The van der Waals surface area contributed by atoms with E-state index in [9.17, 15) is 14.0 Å². The van der Waals surface area contributed by atoms with E-state index in [-0.39, 0.29) is 12.0 Å². The number of carbonyl (C=O) groups excluding carboxylic acids is 2. The maximum absolute atomic E-state index is 13.0. The third kappa shape index (κ3) is 3.33. The summed E-state index contributed by atoms with van der Waals surface area (Å²) in [5.41, 5.74) is 0.823. The largest absolute Gasteiger partial charge is 0.469 e. The lowest BCUT2D eigenvalue weighted by Gasteiger charge is -2.38. The highest BCUT2D eigenvalue weighted by Crippen LogP contribution is 2.19. The van der Waals surface area contributed by atoms with Crippen molar-refractivity contribution in [2.75, 3.05) is 18.4 Å². The van der Waals surface area contributed by atoms with E-state index in [2.05, 4.69) is 5.32 Å². The Labute approximate surface area is 131 Å². The molecule has 1 aromatic heterocycles. The zero-order valence-corrected chi connectivity index (χ0v) is 12.4. The van der Waals surface area contributed by atoms with Crippen LogP contribution in [0.5, 0.6) is 0 Å². The van der Waals surface area contributed by atoms with E-state index in [1.165, 1.54) is 24.5 Å². The lowest BCUT2D eigenvalue weighted by atomic mass is 10.1. The van der Waals surface area contributed by atoms with Gasteiger partial charge in [-0.05, 0) is 31.2 Å². The standard InChI is InChI=1S/C16H15FN2O4/c1-10-14(5-6-22-10)15(20)19-8-13(9-19)23-16(21)18-12-4-2-3-11(17)7-12/h2-7,13H,8-9H2,1H3,(H,18,21). The maximum atomic E-state index is 13.0. The van der Waals surface area contributed by atoms with E-state index >= 15 is 0 Å². The van der Waals surface area contributed by atoms with E-state index in [1.807, 2.05) is 0 Å². The van der Waals surface area contributed by atoms with Crippen molar-refractivity contribution < 1.29 is 23.1 Å². The summed E-state index contributed by atoms with van der Waals surface area (Å²) in [5.74, 6) is -0.0384. The number of rotatable bonds is 3. The zero-order valence-electron chi connectivity index (χ0n) is 12.4. The van der Waals surface area contributed by atoms with E-state index in [0.29, 0.717) is 30.1 Å². The van der Waals surface area contributed by atoms with Gasteiger partial charge in [0.15, 0.2) is 0 Å². The number of nitrogens with one attached hydrogen (secondary N) is 1. The van der Waals surface area contributed by atoms with Crippen molar-refractivity contribution in [2.45, 2.75) is 13.0 Å². The number of benzene rings is 1. The highest BCUT2D eigenvalue weighted by Gasteiger charge is 2.35. The van der Waals surface area contributed by atoms with Crippen LogP contribution in [0.15, 0.2) is 41.0 Å². The SMILES string of the molecule is Cc1occc1C(=O)N1CC(OC(=O)Nc2cccc(F)c2)C1. The van der Waals surface area contributed by atoms with E-state index in [0.717, 1.165) is 0 Å². The Morgan fingerprint density at radius 2 is 2.13 bits per heavy atom. The topological polar surface area (TPSA) is 71.8 Å². The van der Waals surface area contributed by atoms with Crippen LogP contribution < -0.4 is 5.32 Å². The van der Waals surface area contributed by atoms with Crippen molar-refractivity contribution in [1.82, 2.24) is 4.90 Å². The third-order valence-electron chi connectivity index (χ3n) is 3.57. The van der Waals surface area contributed by atoms with Gasteiger partial charge in [-0.2, -0.15) is 0 Å². The molecule has 7 heteroatoms. The van der Waals surface area contributed by atoms with Crippen LogP contribution in [0, 0.1) is 12.7 Å². The van der Waals surface area contributed by atoms with E-state index < -0.39 is 11.9 Å². The minimum Gasteiger partial charge on any atom is -0.469 e. The zero-order chi connectivity index (χ0) is 16.4. The highest BCUT2D eigenvalue weighted by molar-refractivity contribution is 5.95. The van der Waals surface area contributed by atoms with Gasteiger partial charge >= 0.3 is 6.09 Å². The predicted molar refractivity (Wildman–Crippen MR) is 79.6 cm³/mol. The van der Waals surface area contributed by atoms with Gasteiger partial charge in [0.05, 0.1) is 24.9 Å². The highest BCUT2D eigenvalue weighted by atomic mass is 19.1. The van der Waals surface area contributed by atoms with E-state index in [1.54, 1.807) is 24.0 Å². The molecule has 3 rings (SSSR count). The molecule has 6 nitrogen and oxygen atoms in total. The number of anilines is 1. The third-order valence-corrected chi connectivity index (χ3v) is 3.57. The summed E-state index contributed by atoms with van der Waals surface area (Å²) in [5, 5.41) is 2.44. The summed E-state index contributed by atoms with van der Waals surface area (Å²) in [4.78, 5) is 25.4. The number of hydrogen-bond acceptors (Lipinski definition) is 4. The summed E-state index contributed by atoms with van der Waals surface area (Å²) in [7, 11) is 0. The van der Waals surface area contributed by atoms with Gasteiger partial charge in [0.25, 0.3) is 5.91 Å². The molecule has 0 unspecified atom stereocenters. The van der Waals surface area contributed by atoms with Crippen molar-refractivity contribution in [3.63, 3.8) is 0 Å². The predicted octanol–water partition coefficient (Wildman–Crippen LogP) is 2.80. The quantitative estimate of drug-likeness (QED) is 0.944. The average molecular weight is 318 g/mol. The van der Waals surface area contributed by atoms with Crippen molar-refractivity contribution in [3.05, 3.63) is 53.7 Å². The molecule has 0 aliphatic carbocycles. The van der Waals surface area contributed by atoms with E-state index in [4.69, 9.17) is 9.15 Å². The first-order chi connectivity index (χ1) is 11.0. The fourth-order valence-corrected chi connectivity index (χ4v) is 2.32. The maximum Gasteiger partial charge on any atom is 0.412 e. The lowest BCUT2D eigenvalue weighted by molar-refractivity contribution is -0.00215. The molecule has 0 spiro atoms. The van der Waals surface area contributed by atoms with Crippen LogP contribution in [-0.2, 0) is 4.74 Å². The molecule has 2 heterocycles. The molecule has 2 amide bonds. The monoisotopic (exact) mass is 318 g/mol. The summed E-state index contributed by atoms with van der Waals surface area (Å²) < 4.78 is 23.3. The first-order valence-corrected chi connectivity index (χ1v) is 7.09. The fraction of sp³-hybridized carbons (Fsp3) is 0.250. The Balaban J connectivity index is 1.48. The van der Waals surface area contributed by atoms with Gasteiger partial charge in [-0.15, -0.1) is 0 Å². The molecule has 1 saturated heterocycles. The number of carbonyl (C=O) groups is 2. The Bertz CT molecular complexity index is 737. The summed E-state index contributed by atoms with van der Waals surface area (Å²) in [6.45, 7) is 2.35. The van der Waals surface area contributed by atoms with Gasteiger partial charge in [-0.3, -0.25) is 10.1 Å². The minimum absolute atomic E-state index is 0.151. The number of likely N-dealkylation sites (tertiary alicyclic amines) is 1. The Hall–Kier alpha value is -2.83. The van der Waals surface area contributed by atoms with Crippen LogP contribution in [0.1, 0.15) is 16.1 Å². The number of halogens is 1.